The summed E-state index contributed by atoms with van der Waals surface area (Å²) in [6.45, 7) is 8.86. The summed E-state index contributed by atoms with van der Waals surface area (Å²) in [4.78, 5) is 11.2. The normalized spacial score (nSPS) is 12.3. The van der Waals surface area contributed by atoms with Crippen molar-refractivity contribution in [3.63, 3.8) is 0 Å². The molecule has 0 aliphatic rings. The summed E-state index contributed by atoms with van der Waals surface area (Å²) >= 11 is 0. The minimum Gasteiger partial charge on any atom is -0.357 e. The zero-order valence-electron chi connectivity index (χ0n) is 16.0. The minimum absolute atomic E-state index is 0.0909. The fourth-order valence-electron chi connectivity index (χ4n) is 2.71. The molecule has 0 fully saturated rings. The fourth-order valence-corrected chi connectivity index (χ4v) is 2.71. The van der Waals surface area contributed by atoms with Crippen LogP contribution in [0.2, 0.25) is 0 Å². The number of hydrogen-bond acceptors (Lipinski definition) is 3. The third-order valence-corrected chi connectivity index (χ3v) is 4.06. The average molecular weight is 342 g/mol. The van der Waals surface area contributed by atoms with Crippen molar-refractivity contribution in [1.82, 2.24) is 25.0 Å². The molecule has 0 spiro atoms. The van der Waals surface area contributed by atoms with Crippen molar-refractivity contribution in [3.05, 3.63) is 48.0 Å². The SMILES string of the molecule is CCNC(=NCC(C)(C)Cc1ccccc1)N(C)Cc1ncnn1C. The lowest BCUT2D eigenvalue weighted by Gasteiger charge is -2.26. The van der Waals surface area contributed by atoms with Crippen molar-refractivity contribution in [1.29, 1.82) is 0 Å². The largest absolute Gasteiger partial charge is 0.357 e. The number of nitrogens with zero attached hydrogens (tertiary/aromatic N) is 5. The van der Waals surface area contributed by atoms with E-state index < -0.39 is 0 Å². The Morgan fingerprint density at radius 2 is 2.00 bits per heavy atom. The van der Waals surface area contributed by atoms with Crippen LogP contribution in [-0.2, 0) is 20.0 Å². The standard InChI is InChI=1S/C19H30N6/c1-6-20-18(24(4)13-17-22-15-23-25(17)5)21-14-19(2,3)12-16-10-8-7-9-11-16/h7-11,15H,6,12-14H2,1-5H3,(H,20,21). The molecule has 1 N–H and O–H groups in total. The van der Waals surface area contributed by atoms with Gasteiger partial charge in [-0.2, -0.15) is 5.10 Å². The highest BCUT2D eigenvalue weighted by Crippen LogP contribution is 2.22. The van der Waals surface area contributed by atoms with Gasteiger partial charge in [0.1, 0.15) is 12.2 Å². The van der Waals surface area contributed by atoms with Gasteiger partial charge in [-0.05, 0) is 24.3 Å². The molecular formula is C19H30N6. The van der Waals surface area contributed by atoms with Gasteiger partial charge in [-0.1, -0.05) is 44.2 Å². The molecule has 0 unspecified atom stereocenters. The maximum atomic E-state index is 4.87. The van der Waals surface area contributed by atoms with Crippen LogP contribution >= 0.6 is 0 Å². The van der Waals surface area contributed by atoms with E-state index in [0.717, 1.165) is 31.3 Å². The fraction of sp³-hybridized carbons (Fsp3) is 0.526. The lowest BCUT2D eigenvalue weighted by atomic mass is 9.86. The Bertz CT molecular complexity index is 674. The molecule has 2 rings (SSSR count). The molecule has 136 valence electrons. The Morgan fingerprint density at radius 3 is 2.60 bits per heavy atom. The van der Waals surface area contributed by atoms with Crippen LogP contribution in [0.4, 0.5) is 0 Å². The van der Waals surface area contributed by atoms with Gasteiger partial charge in [0.05, 0.1) is 6.54 Å². The molecule has 6 nitrogen and oxygen atoms in total. The second-order valence-electron chi connectivity index (χ2n) is 7.15. The molecule has 0 aliphatic carbocycles. The molecule has 0 amide bonds. The van der Waals surface area contributed by atoms with Crippen molar-refractivity contribution < 1.29 is 0 Å². The van der Waals surface area contributed by atoms with E-state index in [-0.39, 0.29) is 5.41 Å². The highest BCUT2D eigenvalue weighted by Gasteiger charge is 2.19. The van der Waals surface area contributed by atoms with Gasteiger partial charge in [0.2, 0.25) is 0 Å². The van der Waals surface area contributed by atoms with E-state index in [1.807, 2.05) is 14.1 Å². The van der Waals surface area contributed by atoms with Crippen LogP contribution in [0.25, 0.3) is 0 Å². The quantitative estimate of drug-likeness (QED) is 0.620. The van der Waals surface area contributed by atoms with Gasteiger partial charge in [0, 0.05) is 27.2 Å². The van der Waals surface area contributed by atoms with Crippen LogP contribution < -0.4 is 5.32 Å². The molecule has 0 saturated carbocycles. The zero-order valence-corrected chi connectivity index (χ0v) is 16.0. The summed E-state index contributed by atoms with van der Waals surface area (Å²) in [5.74, 6) is 1.81. The number of rotatable bonds is 7. The average Bonchev–Trinajstić information content (AvgIpc) is 2.97. The third-order valence-electron chi connectivity index (χ3n) is 4.06. The maximum Gasteiger partial charge on any atom is 0.194 e. The summed E-state index contributed by atoms with van der Waals surface area (Å²) in [5, 5.41) is 7.49. The van der Waals surface area contributed by atoms with E-state index in [9.17, 15) is 0 Å². The smallest absolute Gasteiger partial charge is 0.194 e. The molecule has 0 bridgehead atoms. The van der Waals surface area contributed by atoms with E-state index in [4.69, 9.17) is 4.99 Å². The van der Waals surface area contributed by atoms with Crippen molar-refractivity contribution in [3.8, 4) is 0 Å². The summed E-state index contributed by atoms with van der Waals surface area (Å²) < 4.78 is 1.79. The van der Waals surface area contributed by atoms with E-state index >= 15 is 0 Å². The number of nitrogens with one attached hydrogen (secondary N) is 1. The maximum absolute atomic E-state index is 4.87. The summed E-state index contributed by atoms with van der Waals surface area (Å²) in [7, 11) is 3.93. The van der Waals surface area contributed by atoms with Gasteiger partial charge in [-0.25, -0.2) is 4.98 Å². The lowest BCUT2D eigenvalue weighted by Crippen LogP contribution is -2.39. The molecule has 0 radical (unpaired) electrons. The van der Waals surface area contributed by atoms with Crippen LogP contribution in [0.15, 0.2) is 41.7 Å². The first-order chi connectivity index (χ1) is 11.9. The summed E-state index contributed by atoms with van der Waals surface area (Å²) in [6, 6.07) is 10.6. The van der Waals surface area contributed by atoms with Crippen molar-refractivity contribution >= 4 is 5.96 Å². The predicted octanol–water partition coefficient (Wildman–Crippen LogP) is 2.48. The van der Waals surface area contributed by atoms with Crippen molar-refractivity contribution in [2.75, 3.05) is 20.1 Å². The summed E-state index contributed by atoms with van der Waals surface area (Å²) in [6.07, 6.45) is 2.58. The topological polar surface area (TPSA) is 58.3 Å². The third kappa shape index (κ3) is 5.89. The zero-order chi connectivity index (χ0) is 18.3. The summed E-state index contributed by atoms with van der Waals surface area (Å²) in [5.41, 5.74) is 1.44. The monoisotopic (exact) mass is 342 g/mol. The predicted molar refractivity (Wildman–Crippen MR) is 102 cm³/mol. The van der Waals surface area contributed by atoms with Crippen molar-refractivity contribution in [2.24, 2.45) is 17.5 Å². The van der Waals surface area contributed by atoms with E-state index in [0.29, 0.717) is 6.54 Å². The molecule has 0 saturated heterocycles. The van der Waals surface area contributed by atoms with Gasteiger partial charge >= 0.3 is 0 Å². The number of aliphatic imine (C=N–C) groups is 1. The molecule has 1 aromatic carbocycles. The van der Waals surface area contributed by atoms with E-state index in [2.05, 4.69) is 71.4 Å². The molecular weight excluding hydrogens is 312 g/mol. The molecule has 1 heterocycles. The molecule has 2 aromatic rings. The lowest BCUT2D eigenvalue weighted by molar-refractivity contribution is 0.370. The number of hydrogen-bond donors (Lipinski definition) is 1. The van der Waals surface area contributed by atoms with Crippen LogP contribution in [0.1, 0.15) is 32.2 Å². The molecule has 25 heavy (non-hydrogen) atoms. The molecule has 1 aromatic heterocycles. The van der Waals surface area contributed by atoms with Crippen LogP contribution in [0.3, 0.4) is 0 Å². The molecule has 6 heteroatoms. The van der Waals surface area contributed by atoms with Gasteiger partial charge < -0.3 is 10.2 Å². The Balaban J connectivity index is 2.03. The Labute approximate surface area is 151 Å². The highest BCUT2D eigenvalue weighted by molar-refractivity contribution is 5.79. The number of guanidine groups is 1. The van der Waals surface area contributed by atoms with E-state index in [1.54, 1.807) is 11.0 Å². The van der Waals surface area contributed by atoms with Gasteiger partial charge in [0.15, 0.2) is 5.96 Å². The van der Waals surface area contributed by atoms with Crippen LogP contribution in [0, 0.1) is 5.41 Å². The van der Waals surface area contributed by atoms with Crippen LogP contribution in [0.5, 0.6) is 0 Å². The number of aromatic nitrogens is 3. The second kappa shape index (κ2) is 8.65. The molecule has 0 aliphatic heterocycles. The number of aryl methyl sites for hydroxylation is 1. The Hall–Kier alpha value is -2.37. The van der Waals surface area contributed by atoms with Gasteiger partial charge in [0.25, 0.3) is 0 Å². The Morgan fingerprint density at radius 1 is 1.28 bits per heavy atom. The molecule has 0 atom stereocenters. The first-order valence-corrected chi connectivity index (χ1v) is 8.77. The second-order valence-corrected chi connectivity index (χ2v) is 7.15. The van der Waals surface area contributed by atoms with Crippen LogP contribution in [-0.4, -0.2) is 45.8 Å². The Kier molecular flexibility index (Phi) is 6.56. The van der Waals surface area contributed by atoms with E-state index in [1.165, 1.54) is 5.56 Å². The van der Waals surface area contributed by atoms with Crippen molar-refractivity contribution in [2.45, 2.75) is 33.7 Å². The highest BCUT2D eigenvalue weighted by atomic mass is 15.4. The first-order valence-electron chi connectivity index (χ1n) is 8.77. The first kappa shape index (κ1) is 19.0. The van der Waals surface area contributed by atoms with Gasteiger partial charge in [-0.15, -0.1) is 0 Å². The van der Waals surface area contributed by atoms with Gasteiger partial charge in [-0.3, -0.25) is 9.67 Å². The minimum atomic E-state index is 0.0909. The number of benzene rings is 1.